The third-order valence-corrected chi connectivity index (χ3v) is 3.45. The zero-order valence-corrected chi connectivity index (χ0v) is 11.5. The second-order valence-corrected chi connectivity index (χ2v) is 4.90. The van der Waals surface area contributed by atoms with Crippen molar-refractivity contribution in [3.8, 4) is 11.3 Å². The Labute approximate surface area is 117 Å². The minimum atomic E-state index is 0.757. The topological polar surface area (TPSA) is 17.8 Å². The molecule has 0 fully saturated rings. The third kappa shape index (κ3) is 2.13. The molecule has 0 aliphatic heterocycles. The smallest absolute Gasteiger partial charge is 0.100 e. The lowest BCUT2D eigenvalue weighted by atomic mass is 10.1. The van der Waals surface area contributed by atoms with Crippen molar-refractivity contribution >= 4 is 22.5 Å². The standard InChI is InChI=1S/C16H14ClN2/c1-2-11-19-16-13(9-6-10-14(16)17)15(18-19)12-7-4-3-5-8-12/h4-10H,2,11H2,1H3. The fraction of sp³-hybridized carbons (Fsp3) is 0.188. The highest BCUT2D eigenvalue weighted by molar-refractivity contribution is 6.35. The van der Waals surface area contributed by atoms with Crippen LogP contribution in [0.1, 0.15) is 13.3 Å². The monoisotopic (exact) mass is 269 g/mol. The van der Waals surface area contributed by atoms with Gasteiger partial charge in [-0.25, -0.2) is 0 Å². The van der Waals surface area contributed by atoms with Gasteiger partial charge in [-0.15, -0.1) is 0 Å². The van der Waals surface area contributed by atoms with Crippen molar-refractivity contribution in [2.75, 3.05) is 0 Å². The number of fused-ring (bicyclic) bond motifs is 1. The van der Waals surface area contributed by atoms with Crippen LogP contribution in [-0.4, -0.2) is 9.78 Å². The Balaban J connectivity index is 2.29. The molecule has 0 aliphatic rings. The predicted octanol–water partition coefficient (Wildman–Crippen LogP) is 4.57. The summed E-state index contributed by atoms with van der Waals surface area (Å²) >= 11 is 6.33. The first kappa shape index (κ1) is 12.2. The molecule has 1 heterocycles. The molecule has 0 atom stereocenters. The van der Waals surface area contributed by atoms with Crippen molar-refractivity contribution in [3.05, 3.63) is 53.6 Å². The Morgan fingerprint density at radius 2 is 2.00 bits per heavy atom. The van der Waals surface area contributed by atoms with E-state index in [1.807, 2.05) is 41.1 Å². The van der Waals surface area contributed by atoms with Gasteiger partial charge >= 0.3 is 0 Å². The number of aromatic nitrogens is 2. The summed E-state index contributed by atoms with van der Waals surface area (Å²) in [6, 6.07) is 16.9. The van der Waals surface area contributed by atoms with E-state index in [1.54, 1.807) is 0 Å². The minimum Gasteiger partial charge on any atom is -0.263 e. The number of aryl methyl sites for hydroxylation is 1. The number of benzene rings is 2. The Kier molecular flexibility index (Phi) is 3.26. The molecule has 0 saturated heterocycles. The van der Waals surface area contributed by atoms with Crippen LogP contribution in [0.15, 0.2) is 42.5 Å². The normalized spacial score (nSPS) is 11.1. The van der Waals surface area contributed by atoms with Gasteiger partial charge in [0.25, 0.3) is 0 Å². The zero-order chi connectivity index (χ0) is 13.2. The summed E-state index contributed by atoms with van der Waals surface area (Å²) in [4.78, 5) is 0. The van der Waals surface area contributed by atoms with Gasteiger partial charge < -0.3 is 0 Å². The molecule has 95 valence electrons. The second-order valence-electron chi connectivity index (χ2n) is 4.50. The van der Waals surface area contributed by atoms with Gasteiger partial charge in [0.2, 0.25) is 0 Å². The van der Waals surface area contributed by atoms with Gasteiger partial charge in [-0.3, -0.25) is 4.68 Å². The number of halogens is 1. The Morgan fingerprint density at radius 3 is 2.74 bits per heavy atom. The molecule has 2 nitrogen and oxygen atoms in total. The molecule has 3 rings (SSSR count). The number of hydrogen-bond acceptors (Lipinski definition) is 1. The molecule has 1 aromatic heterocycles. The first-order chi connectivity index (χ1) is 9.31. The lowest BCUT2D eigenvalue weighted by Crippen LogP contribution is -1.99. The zero-order valence-electron chi connectivity index (χ0n) is 10.7. The SMILES string of the molecule is CCCn1nc(-c2cc[c]cc2)c2cccc(Cl)c21. The van der Waals surface area contributed by atoms with E-state index >= 15 is 0 Å². The van der Waals surface area contributed by atoms with Crippen LogP contribution in [0.25, 0.3) is 22.2 Å². The van der Waals surface area contributed by atoms with Gasteiger partial charge in [-0.1, -0.05) is 54.9 Å². The maximum Gasteiger partial charge on any atom is 0.100 e. The van der Waals surface area contributed by atoms with Gasteiger partial charge in [0.15, 0.2) is 0 Å². The Morgan fingerprint density at radius 1 is 1.21 bits per heavy atom. The Bertz CT molecular complexity index is 701. The van der Waals surface area contributed by atoms with Crippen LogP contribution >= 0.6 is 11.6 Å². The summed E-state index contributed by atoms with van der Waals surface area (Å²) in [6.07, 6.45) is 1.03. The highest BCUT2D eigenvalue weighted by atomic mass is 35.5. The molecule has 0 spiro atoms. The first-order valence-corrected chi connectivity index (χ1v) is 6.80. The van der Waals surface area contributed by atoms with E-state index in [0.717, 1.165) is 40.1 Å². The van der Waals surface area contributed by atoms with E-state index in [9.17, 15) is 0 Å². The molecule has 0 bridgehead atoms. The van der Waals surface area contributed by atoms with Gasteiger partial charge in [0, 0.05) is 17.5 Å². The van der Waals surface area contributed by atoms with Crippen LogP contribution in [0.5, 0.6) is 0 Å². The summed E-state index contributed by atoms with van der Waals surface area (Å²) in [5, 5.41) is 6.59. The van der Waals surface area contributed by atoms with E-state index in [4.69, 9.17) is 16.7 Å². The van der Waals surface area contributed by atoms with E-state index in [1.165, 1.54) is 0 Å². The van der Waals surface area contributed by atoms with Gasteiger partial charge in [-0.2, -0.15) is 5.10 Å². The summed E-state index contributed by atoms with van der Waals surface area (Å²) in [5.41, 5.74) is 3.11. The van der Waals surface area contributed by atoms with Gasteiger partial charge in [-0.05, 0) is 18.6 Å². The van der Waals surface area contributed by atoms with Gasteiger partial charge in [0.1, 0.15) is 5.69 Å². The number of hydrogen-bond donors (Lipinski definition) is 0. The van der Waals surface area contributed by atoms with E-state index < -0.39 is 0 Å². The molecule has 0 amide bonds. The molecule has 3 heteroatoms. The van der Waals surface area contributed by atoms with Crippen molar-refractivity contribution in [1.29, 1.82) is 0 Å². The van der Waals surface area contributed by atoms with Crippen molar-refractivity contribution in [3.63, 3.8) is 0 Å². The second kappa shape index (κ2) is 5.06. The van der Waals surface area contributed by atoms with Crippen LogP contribution in [0, 0.1) is 6.07 Å². The van der Waals surface area contributed by atoms with Crippen LogP contribution in [0.2, 0.25) is 5.02 Å². The lowest BCUT2D eigenvalue weighted by molar-refractivity contribution is 0.624. The maximum atomic E-state index is 6.33. The average Bonchev–Trinajstić information content (AvgIpc) is 2.81. The van der Waals surface area contributed by atoms with Crippen molar-refractivity contribution in [2.45, 2.75) is 19.9 Å². The van der Waals surface area contributed by atoms with Crippen LogP contribution < -0.4 is 0 Å². The lowest BCUT2D eigenvalue weighted by Gasteiger charge is -2.01. The maximum absolute atomic E-state index is 6.33. The van der Waals surface area contributed by atoms with Crippen LogP contribution in [0.3, 0.4) is 0 Å². The van der Waals surface area contributed by atoms with E-state index in [0.29, 0.717) is 0 Å². The molecular weight excluding hydrogens is 256 g/mol. The molecule has 1 radical (unpaired) electrons. The quantitative estimate of drug-likeness (QED) is 0.681. The molecule has 0 unspecified atom stereocenters. The van der Waals surface area contributed by atoms with Crippen molar-refractivity contribution < 1.29 is 0 Å². The summed E-state index contributed by atoms with van der Waals surface area (Å²) in [5.74, 6) is 0. The largest absolute Gasteiger partial charge is 0.263 e. The van der Waals surface area contributed by atoms with Crippen molar-refractivity contribution in [2.24, 2.45) is 0 Å². The van der Waals surface area contributed by atoms with E-state index in [-0.39, 0.29) is 0 Å². The third-order valence-electron chi connectivity index (χ3n) is 3.15. The van der Waals surface area contributed by atoms with Crippen LogP contribution in [0.4, 0.5) is 0 Å². The van der Waals surface area contributed by atoms with Gasteiger partial charge in [0.05, 0.1) is 10.5 Å². The predicted molar refractivity (Wildman–Crippen MR) is 79.3 cm³/mol. The van der Waals surface area contributed by atoms with Crippen molar-refractivity contribution in [1.82, 2.24) is 9.78 Å². The Hall–Kier alpha value is -1.80. The molecule has 0 aliphatic carbocycles. The van der Waals surface area contributed by atoms with E-state index in [2.05, 4.69) is 19.1 Å². The minimum absolute atomic E-state index is 0.757. The molecule has 19 heavy (non-hydrogen) atoms. The molecule has 0 saturated carbocycles. The molecule has 2 aromatic carbocycles. The van der Waals surface area contributed by atoms with Crippen LogP contribution in [-0.2, 0) is 6.54 Å². The fourth-order valence-corrected chi connectivity index (χ4v) is 2.60. The number of nitrogens with zero attached hydrogens (tertiary/aromatic N) is 2. The first-order valence-electron chi connectivity index (χ1n) is 6.42. The number of rotatable bonds is 3. The molecular formula is C16H14ClN2. The highest BCUT2D eigenvalue weighted by Gasteiger charge is 2.13. The fourth-order valence-electron chi connectivity index (χ4n) is 2.32. The summed E-state index contributed by atoms with van der Waals surface area (Å²) < 4.78 is 2.00. The highest BCUT2D eigenvalue weighted by Crippen LogP contribution is 2.32. The summed E-state index contributed by atoms with van der Waals surface area (Å²) in [6.45, 7) is 3.01. The molecule has 0 N–H and O–H groups in total. The molecule has 3 aromatic rings. The average molecular weight is 270 g/mol. The number of para-hydroxylation sites is 1. The summed E-state index contributed by atoms with van der Waals surface area (Å²) in [7, 11) is 0.